The molecule has 0 atom stereocenters. The summed E-state index contributed by atoms with van der Waals surface area (Å²) >= 11 is 0. The molecule has 0 bridgehead atoms. The number of para-hydroxylation sites is 1. The van der Waals surface area contributed by atoms with Crippen LogP contribution >= 0.6 is 0 Å². The summed E-state index contributed by atoms with van der Waals surface area (Å²) in [6, 6.07) is 23.1. The van der Waals surface area contributed by atoms with Gasteiger partial charge in [-0.3, -0.25) is 9.59 Å². The Balaban J connectivity index is 1.51. The van der Waals surface area contributed by atoms with Gasteiger partial charge in [0, 0.05) is 5.69 Å². The molecule has 0 spiro atoms. The normalized spacial score (nSPS) is 10.4. The lowest BCUT2D eigenvalue weighted by Crippen LogP contribution is -2.32. The van der Waals surface area contributed by atoms with Crippen LogP contribution in [0.2, 0.25) is 0 Å². The monoisotopic (exact) mass is 389 g/mol. The van der Waals surface area contributed by atoms with E-state index in [1.165, 1.54) is 6.21 Å². The van der Waals surface area contributed by atoms with Gasteiger partial charge in [0.2, 0.25) is 0 Å². The number of amides is 2. The Morgan fingerprint density at radius 2 is 1.52 bits per heavy atom. The molecule has 0 aromatic heterocycles. The molecule has 146 valence electrons. The molecular formula is C22H19N3O4. The molecule has 0 aliphatic rings. The lowest BCUT2D eigenvalue weighted by molar-refractivity contribution is -0.136. The van der Waals surface area contributed by atoms with Gasteiger partial charge in [0.25, 0.3) is 0 Å². The van der Waals surface area contributed by atoms with Crippen molar-refractivity contribution < 1.29 is 19.1 Å². The summed E-state index contributed by atoms with van der Waals surface area (Å²) in [4.78, 5) is 23.9. The summed E-state index contributed by atoms with van der Waals surface area (Å²) in [5.41, 5.74) is 3.37. The molecule has 2 amide bonds. The molecular weight excluding hydrogens is 370 g/mol. The summed E-state index contributed by atoms with van der Waals surface area (Å²) in [6.07, 6.45) is 1.42. The SMILES string of the molecule is COc1cccc(/C=N\NC(=O)C(=O)Nc2ccc(Oc3ccccc3)cc2)c1. The van der Waals surface area contributed by atoms with E-state index < -0.39 is 11.8 Å². The second-order valence-corrected chi connectivity index (χ2v) is 5.87. The zero-order valence-corrected chi connectivity index (χ0v) is 15.7. The molecule has 0 radical (unpaired) electrons. The van der Waals surface area contributed by atoms with E-state index in [0.717, 1.165) is 5.56 Å². The van der Waals surface area contributed by atoms with Gasteiger partial charge in [0.1, 0.15) is 17.2 Å². The van der Waals surface area contributed by atoms with Gasteiger partial charge in [-0.2, -0.15) is 5.10 Å². The number of benzene rings is 3. The fourth-order valence-corrected chi connectivity index (χ4v) is 2.36. The second kappa shape index (κ2) is 9.70. The molecule has 7 heteroatoms. The van der Waals surface area contributed by atoms with Crippen LogP contribution in [-0.4, -0.2) is 25.1 Å². The van der Waals surface area contributed by atoms with Gasteiger partial charge in [-0.05, 0) is 54.1 Å². The molecule has 29 heavy (non-hydrogen) atoms. The van der Waals surface area contributed by atoms with Crippen molar-refractivity contribution >= 4 is 23.7 Å². The van der Waals surface area contributed by atoms with Crippen LogP contribution in [0.4, 0.5) is 5.69 Å². The van der Waals surface area contributed by atoms with Crippen LogP contribution < -0.4 is 20.2 Å². The smallest absolute Gasteiger partial charge is 0.329 e. The molecule has 0 heterocycles. The van der Waals surface area contributed by atoms with Gasteiger partial charge >= 0.3 is 11.8 Å². The van der Waals surface area contributed by atoms with Crippen molar-refractivity contribution in [3.8, 4) is 17.2 Å². The minimum atomic E-state index is -0.881. The van der Waals surface area contributed by atoms with Gasteiger partial charge in [0.05, 0.1) is 13.3 Å². The number of ether oxygens (including phenoxy) is 2. The number of nitrogens with one attached hydrogen (secondary N) is 2. The fraction of sp³-hybridized carbons (Fsp3) is 0.0455. The van der Waals surface area contributed by atoms with E-state index in [0.29, 0.717) is 22.9 Å². The zero-order chi connectivity index (χ0) is 20.5. The van der Waals surface area contributed by atoms with Crippen LogP contribution in [0.3, 0.4) is 0 Å². The number of methoxy groups -OCH3 is 1. The third kappa shape index (κ3) is 5.93. The molecule has 7 nitrogen and oxygen atoms in total. The molecule has 0 unspecified atom stereocenters. The van der Waals surface area contributed by atoms with Gasteiger partial charge in [-0.25, -0.2) is 5.43 Å². The lowest BCUT2D eigenvalue weighted by atomic mass is 10.2. The molecule has 3 aromatic rings. The Kier molecular flexibility index (Phi) is 6.57. The molecule has 0 saturated carbocycles. The third-order valence-electron chi connectivity index (χ3n) is 3.77. The van der Waals surface area contributed by atoms with Gasteiger partial charge < -0.3 is 14.8 Å². The van der Waals surface area contributed by atoms with Crippen molar-refractivity contribution in [2.75, 3.05) is 12.4 Å². The first-order chi connectivity index (χ1) is 14.1. The number of hydrogen-bond donors (Lipinski definition) is 2. The van der Waals surface area contributed by atoms with Crippen LogP contribution in [0.5, 0.6) is 17.2 Å². The quantitative estimate of drug-likeness (QED) is 0.383. The first kappa shape index (κ1) is 19.6. The molecule has 0 aliphatic carbocycles. The predicted molar refractivity (Wildman–Crippen MR) is 110 cm³/mol. The van der Waals surface area contributed by atoms with E-state index in [4.69, 9.17) is 9.47 Å². The first-order valence-corrected chi connectivity index (χ1v) is 8.75. The molecule has 3 rings (SSSR count). The molecule has 3 aromatic carbocycles. The van der Waals surface area contributed by atoms with Crippen molar-refractivity contribution in [2.45, 2.75) is 0 Å². The van der Waals surface area contributed by atoms with E-state index in [2.05, 4.69) is 15.8 Å². The van der Waals surface area contributed by atoms with E-state index in [1.54, 1.807) is 55.6 Å². The highest BCUT2D eigenvalue weighted by Crippen LogP contribution is 2.22. The highest BCUT2D eigenvalue weighted by atomic mass is 16.5. The van der Waals surface area contributed by atoms with Gasteiger partial charge in [0.15, 0.2) is 0 Å². The highest BCUT2D eigenvalue weighted by Gasteiger charge is 2.12. The zero-order valence-electron chi connectivity index (χ0n) is 15.7. The van der Waals surface area contributed by atoms with E-state index in [-0.39, 0.29) is 0 Å². The van der Waals surface area contributed by atoms with E-state index in [1.807, 2.05) is 30.3 Å². The Bertz CT molecular complexity index is 1000. The van der Waals surface area contributed by atoms with Gasteiger partial charge in [-0.1, -0.05) is 30.3 Å². The average molecular weight is 389 g/mol. The minimum Gasteiger partial charge on any atom is -0.497 e. The number of hydrogen-bond acceptors (Lipinski definition) is 5. The highest BCUT2D eigenvalue weighted by molar-refractivity contribution is 6.39. The molecule has 0 aliphatic heterocycles. The Hall–Kier alpha value is -4.13. The molecule has 0 fully saturated rings. The van der Waals surface area contributed by atoms with Crippen molar-refractivity contribution in [1.82, 2.24) is 5.43 Å². The maximum absolute atomic E-state index is 12.0. The Morgan fingerprint density at radius 1 is 0.828 bits per heavy atom. The van der Waals surface area contributed by atoms with Crippen LogP contribution in [0.1, 0.15) is 5.56 Å². The van der Waals surface area contributed by atoms with Crippen molar-refractivity contribution in [2.24, 2.45) is 5.10 Å². The van der Waals surface area contributed by atoms with Crippen molar-refractivity contribution in [1.29, 1.82) is 0 Å². The topological polar surface area (TPSA) is 89.0 Å². The summed E-state index contributed by atoms with van der Waals surface area (Å²) in [7, 11) is 1.56. The number of rotatable bonds is 6. The van der Waals surface area contributed by atoms with Crippen LogP contribution in [0.15, 0.2) is 84.0 Å². The maximum atomic E-state index is 12.0. The molecule has 0 saturated heterocycles. The van der Waals surface area contributed by atoms with Crippen LogP contribution in [0, 0.1) is 0 Å². The standard InChI is InChI=1S/C22H19N3O4/c1-28-20-9-5-6-16(14-20)15-23-25-22(27)21(26)24-17-10-12-19(13-11-17)29-18-7-3-2-4-8-18/h2-15H,1H3,(H,24,26)(H,25,27)/b23-15-. The van der Waals surface area contributed by atoms with Crippen molar-refractivity contribution in [3.05, 3.63) is 84.4 Å². The Labute approximate surface area is 168 Å². The number of carbonyl (C=O) groups excluding carboxylic acids is 2. The predicted octanol–water partition coefficient (Wildman–Crippen LogP) is 3.58. The number of anilines is 1. The summed E-state index contributed by atoms with van der Waals surface area (Å²) < 4.78 is 10.8. The molecule has 2 N–H and O–H groups in total. The minimum absolute atomic E-state index is 0.460. The fourth-order valence-electron chi connectivity index (χ4n) is 2.36. The largest absolute Gasteiger partial charge is 0.497 e. The summed E-state index contributed by atoms with van der Waals surface area (Å²) in [6.45, 7) is 0. The third-order valence-corrected chi connectivity index (χ3v) is 3.77. The van der Waals surface area contributed by atoms with Crippen LogP contribution in [-0.2, 0) is 9.59 Å². The second-order valence-electron chi connectivity index (χ2n) is 5.87. The first-order valence-electron chi connectivity index (χ1n) is 8.75. The Morgan fingerprint density at radius 3 is 2.24 bits per heavy atom. The summed E-state index contributed by atoms with van der Waals surface area (Å²) in [5, 5.41) is 6.28. The van der Waals surface area contributed by atoms with Crippen molar-refractivity contribution in [3.63, 3.8) is 0 Å². The summed E-state index contributed by atoms with van der Waals surface area (Å²) in [5.74, 6) is 0.273. The average Bonchev–Trinajstić information content (AvgIpc) is 2.76. The van der Waals surface area contributed by atoms with Crippen LogP contribution in [0.25, 0.3) is 0 Å². The maximum Gasteiger partial charge on any atom is 0.329 e. The number of nitrogens with zero attached hydrogens (tertiary/aromatic N) is 1. The number of carbonyl (C=O) groups is 2. The lowest BCUT2D eigenvalue weighted by Gasteiger charge is -2.07. The number of hydrazone groups is 1. The van der Waals surface area contributed by atoms with E-state index >= 15 is 0 Å². The van der Waals surface area contributed by atoms with E-state index in [9.17, 15) is 9.59 Å². The van der Waals surface area contributed by atoms with Gasteiger partial charge in [-0.15, -0.1) is 0 Å².